The van der Waals surface area contributed by atoms with Crippen LogP contribution in [0.15, 0.2) is 53.5 Å². The zero-order valence-corrected chi connectivity index (χ0v) is 17.7. The van der Waals surface area contributed by atoms with Gasteiger partial charge in [0.2, 0.25) is 5.84 Å². The van der Waals surface area contributed by atoms with Crippen molar-refractivity contribution >= 4 is 23.3 Å². The topological polar surface area (TPSA) is 68.2 Å². The fourth-order valence-electron chi connectivity index (χ4n) is 3.08. The molecule has 0 spiro atoms. The summed E-state index contributed by atoms with van der Waals surface area (Å²) in [4.78, 5) is 33.5. The van der Waals surface area contributed by atoms with Crippen LogP contribution in [0.4, 0.5) is 14.5 Å². The number of carbonyl (C=O) groups excluding carboxylic acids is 2. The fraction of sp³-hybridized carbons (Fsp3) is 0.318. The van der Waals surface area contributed by atoms with Crippen LogP contribution in [-0.4, -0.2) is 60.7 Å². The van der Waals surface area contributed by atoms with Crippen molar-refractivity contribution in [1.29, 1.82) is 0 Å². The van der Waals surface area contributed by atoms with Gasteiger partial charge in [0.15, 0.2) is 11.6 Å². The highest BCUT2D eigenvalue weighted by atomic mass is 19.2. The van der Waals surface area contributed by atoms with Crippen molar-refractivity contribution in [2.45, 2.75) is 19.5 Å². The zero-order valence-electron chi connectivity index (χ0n) is 17.7. The number of carbonyl (C=O) groups is 2. The third-order valence-electron chi connectivity index (χ3n) is 4.80. The largest absolute Gasteiger partial charge is 0.330 e. The number of nitrogens with one attached hydrogen (secondary N) is 1. The molecule has 2 aromatic carbocycles. The van der Waals surface area contributed by atoms with E-state index in [4.69, 9.17) is 0 Å². The van der Waals surface area contributed by atoms with Gasteiger partial charge < -0.3 is 9.80 Å². The van der Waals surface area contributed by atoms with Crippen molar-refractivity contribution in [1.82, 2.24) is 15.2 Å². The first kappa shape index (κ1) is 22.4. The molecule has 0 radical (unpaired) electrons. The van der Waals surface area contributed by atoms with Gasteiger partial charge in [0.05, 0.1) is 5.69 Å². The van der Waals surface area contributed by atoms with Crippen molar-refractivity contribution in [2.75, 3.05) is 32.2 Å². The van der Waals surface area contributed by atoms with Crippen LogP contribution in [-0.2, 0) is 16.1 Å². The zero-order chi connectivity index (χ0) is 22.5. The molecule has 7 nitrogen and oxygen atoms in total. The summed E-state index contributed by atoms with van der Waals surface area (Å²) in [6.07, 6.45) is 0. The molecule has 2 aromatic rings. The van der Waals surface area contributed by atoms with E-state index in [-0.39, 0.29) is 18.3 Å². The summed E-state index contributed by atoms with van der Waals surface area (Å²) in [5, 5.41) is 1.30. The molecule has 9 heteroatoms. The molecule has 164 valence electrons. The molecule has 1 heterocycles. The van der Waals surface area contributed by atoms with Crippen LogP contribution in [0, 0.1) is 11.6 Å². The molecule has 0 saturated carbocycles. The van der Waals surface area contributed by atoms with Crippen LogP contribution in [0.3, 0.4) is 0 Å². The predicted octanol–water partition coefficient (Wildman–Crippen LogP) is 2.19. The summed E-state index contributed by atoms with van der Waals surface area (Å²) >= 11 is 0. The van der Waals surface area contributed by atoms with Crippen LogP contribution in [0.5, 0.6) is 0 Å². The second kappa shape index (κ2) is 9.65. The third-order valence-corrected chi connectivity index (χ3v) is 4.80. The lowest BCUT2D eigenvalue weighted by Crippen LogP contribution is -2.58. The molecule has 0 aliphatic carbocycles. The van der Waals surface area contributed by atoms with E-state index >= 15 is 0 Å². The number of likely N-dealkylation sites (N-methyl/N-ethyl adjacent to an activating group) is 1. The van der Waals surface area contributed by atoms with E-state index in [9.17, 15) is 18.4 Å². The van der Waals surface area contributed by atoms with Gasteiger partial charge in [-0.1, -0.05) is 24.3 Å². The molecular formula is C22H25F2N5O2. The van der Waals surface area contributed by atoms with Gasteiger partial charge in [-0.25, -0.2) is 18.8 Å². The number of rotatable bonds is 7. The van der Waals surface area contributed by atoms with Gasteiger partial charge in [-0.2, -0.15) is 0 Å². The average Bonchev–Trinajstić information content (AvgIpc) is 2.75. The fourth-order valence-corrected chi connectivity index (χ4v) is 3.08. The van der Waals surface area contributed by atoms with Gasteiger partial charge in [-0.3, -0.25) is 15.0 Å². The first-order valence-corrected chi connectivity index (χ1v) is 9.87. The van der Waals surface area contributed by atoms with Gasteiger partial charge in [0, 0.05) is 19.6 Å². The van der Waals surface area contributed by atoms with Crippen LogP contribution < -0.4 is 10.4 Å². The number of amidine groups is 1. The SMILES string of the molecule is CC1N=C(C(=O)N(CCN(C)C)Cc2ccc(F)c(F)c2)NN(c2ccccc2)C1=O. The van der Waals surface area contributed by atoms with E-state index < -0.39 is 23.6 Å². The smallest absolute Gasteiger partial charge is 0.291 e. The number of nitrogens with zero attached hydrogens (tertiary/aromatic N) is 4. The molecule has 31 heavy (non-hydrogen) atoms. The van der Waals surface area contributed by atoms with Crippen molar-refractivity contribution in [3.8, 4) is 0 Å². The number of hydrogen-bond acceptors (Lipinski definition) is 5. The van der Waals surface area contributed by atoms with Gasteiger partial charge in [0.25, 0.3) is 11.8 Å². The van der Waals surface area contributed by atoms with E-state index in [0.717, 1.165) is 12.1 Å². The maximum absolute atomic E-state index is 13.7. The second-order valence-corrected chi connectivity index (χ2v) is 7.55. The number of para-hydroxylation sites is 1. The molecule has 1 aliphatic heterocycles. The van der Waals surface area contributed by atoms with Crippen molar-refractivity contribution in [3.63, 3.8) is 0 Å². The van der Waals surface area contributed by atoms with Crippen molar-refractivity contribution in [2.24, 2.45) is 4.99 Å². The van der Waals surface area contributed by atoms with Gasteiger partial charge in [-0.05, 0) is 50.8 Å². The Labute approximate surface area is 179 Å². The number of hydrogen-bond donors (Lipinski definition) is 1. The van der Waals surface area contributed by atoms with Crippen LogP contribution >= 0.6 is 0 Å². The highest BCUT2D eigenvalue weighted by molar-refractivity contribution is 6.39. The summed E-state index contributed by atoms with van der Waals surface area (Å²) in [6, 6.07) is 11.7. The lowest BCUT2D eigenvalue weighted by molar-refractivity contribution is -0.125. The third kappa shape index (κ3) is 5.43. The molecule has 0 bridgehead atoms. The Hall–Kier alpha value is -3.33. The Balaban J connectivity index is 1.85. The highest BCUT2D eigenvalue weighted by Crippen LogP contribution is 2.17. The Kier molecular flexibility index (Phi) is 6.96. The minimum absolute atomic E-state index is 0.0114. The van der Waals surface area contributed by atoms with Gasteiger partial charge >= 0.3 is 0 Å². The summed E-state index contributed by atoms with van der Waals surface area (Å²) < 4.78 is 27.0. The molecule has 1 atom stereocenters. The number of benzene rings is 2. The van der Waals surface area contributed by atoms with E-state index in [1.54, 1.807) is 31.2 Å². The number of hydrazine groups is 1. The minimum Gasteiger partial charge on any atom is -0.330 e. The average molecular weight is 429 g/mol. The van der Waals surface area contributed by atoms with Gasteiger partial charge in [0.1, 0.15) is 6.04 Å². The van der Waals surface area contributed by atoms with E-state index in [1.807, 2.05) is 25.1 Å². The first-order chi connectivity index (χ1) is 14.8. The summed E-state index contributed by atoms with van der Waals surface area (Å²) in [7, 11) is 3.74. The molecule has 0 aromatic heterocycles. The summed E-state index contributed by atoms with van der Waals surface area (Å²) in [5.41, 5.74) is 3.85. The number of aliphatic imine (C=N–C) groups is 1. The second-order valence-electron chi connectivity index (χ2n) is 7.55. The lowest BCUT2D eigenvalue weighted by atomic mass is 10.2. The van der Waals surface area contributed by atoms with Crippen molar-refractivity contribution < 1.29 is 18.4 Å². The normalized spacial score (nSPS) is 16.2. The monoisotopic (exact) mass is 429 g/mol. The Morgan fingerprint density at radius 1 is 1.10 bits per heavy atom. The first-order valence-electron chi connectivity index (χ1n) is 9.87. The molecular weight excluding hydrogens is 404 g/mol. The van der Waals surface area contributed by atoms with Crippen LogP contribution in [0.2, 0.25) is 0 Å². The van der Waals surface area contributed by atoms with Gasteiger partial charge in [-0.15, -0.1) is 0 Å². The lowest BCUT2D eigenvalue weighted by Gasteiger charge is -2.33. The predicted molar refractivity (Wildman–Crippen MR) is 114 cm³/mol. The van der Waals surface area contributed by atoms with E-state index in [1.165, 1.54) is 16.0 Å². The number of amides is 2. The molecule has 1 N–H and O–H groups in total. The molecule has 1 unspecified atom stereocenters. The maximum atomic E-state index is 13.7. The van der Waals surface area contributed by atoms with Crippen LogP contribution in [0.25, 0.3) is 0 Å². The molecule has 2 amide bonds. The van der Waals surface area contributed by atoms with Crippen LogP contribution in [0.1, 0.15) is 12.5 Å². The quantitative estimate of drug-likeness (QED) is 0.733. The van der Waals surface area contributed by atoms with Crippen molar-refractivity contribution in [3.05, 3.63) is 65.7 Å². The molecule has 0 saturated heterocycles. The standard InChI is InChI=1S/C22H25F2N5O2/c1-15-21(30)29(17-7-5-4-6-8-17)26-20(25-15)22(31)28(12-11-27(2)3)14-16-9-10-18(23)19(24)13-16/h4-10,13,15H,11-12,14H2,1-3H3,(H,25,26). The summed E-state index contributed by atoms with van der Waals surface area (Å²) in [5.74, 6) is -2.63. The number of anilines is 1. The molecule has 0 fully saturated rings. The highest BCUT2D eigenvalue weighted by Gasteiger charge is 2.32. The van der Waals surface area contributed by atoms with E-state index in [2.05, 4.69) is 10.4 Å². The minimum atomic E-state index is -0.972. The number of halogens is 2. The Morgan fingerprint density at radius 2 is 1.81 bits per heavy atom. The molecule has 1 aliphatic rings. The molecule has 3 rings (SSSR count). The maximum Gasteiger partial charge on any atom is 0.291 e. The van der Waals surface area contributed by atoms with E-state index in [0.29, 0.717) is 24.3 Å². The Morgan fingerprint density at radius 3 is 2.45 bits per heavy atom. The Bertz CT molecular complexity index is 981. The summed E-state index contributed by atoms with van der Waals surface area (Å²) in [6.45, 7) is 2.57.